The number of methoxy groups -OCH3 is 1. The Labute approximate surface area is 230 Å². The van der Waals surface area contributed by atoms with E-state index >= 15 is 0 Å². The number of hydrogen-bond acceptors (Lipinski definition) is 5. The van der Waals surface area contributed by atoms with E-state index in [2.05, 4.69) is 0 Å². The number of ether oxygens (including phenoxy) is 1. The maximum Gasteiger partial charge on any atom is 0.255 e. The zero-order chi connectivity index (χ0) is 27.9. The minimum absolute atomic E-state index is 0.00489. The molecule has 0 spiro atoms. The van der Waals surface area contributed by atoms with Gasteiger partial charge in [-0.2, -0.15) is 4.31 Å². The van der Waals surface area contributed by atoms with Crippen LogP contribution in [0.5, 0.6) is 5.75 Å². The number of nitrogens with zero attached hydrogens (tertiary/aromatic N) is 2. The van der Waals surface area contributed by atoms with Gasteiger partial charge in [0.1, 0.15) is 5.75 Å². The van der Waals surface area contributed by atoms with Crippen molar-refractivity contribution in [2.75, 3.05) is 27.2 Å². The number of carbonyl (C=O) groups excluding carboxylic acids is 1. The third-order valence-electron chi connectivity index (χ3n) is 6.31. The fourth-order valence-corrected chi connectivity index (χ4v) is 6.11. The molecule has 1 N–H and O–H groups in total. The molecule has 3 aromatic carbocycles. The molecule has 0 unspecified atom stereocenters. The summed E-state index contributed by atoms with van der Waals surface area (Å²) in [5, 5.41) is 11.8. The van der Waals surface area contributed by atoms with Gasteiger partial charge in [0.05, 0.1) is 34.7 Å². The summed E-state index contributed by atoms with van der Waals surface area (Å²) in [6, 6.07) is 21.6. The van der Waals surface area contributed by atoms with E-state index in [1.165, 1.54) is 28.4 Å². The van der Waals surface area contributed by atoms with Crippen molar-refractivity contribution in [2.24, 2.45) is 5.92 Å². The molecule has 2 atom stereocenters. The molecule has 9 heteroatoms. The quantitative estimate of drug-likeness (QED) is 0.347. The van der Waals surface area contributed by atoms with E-state index < -0.39 is 22.2 Å². The highest BCUT2D eigenvalue weighted by molar-refractivity contribution is 7.89. The van der Waals surface area contributed by atoms with Crippen molar-refractivity contribution in [1.29, 1.82) is 0 Å². The fraction of sp³-hybridized carbons (Fsp3) is 0.345. The van der Waals surface area contributed by atoms with Crippen LogP contribution in [-0.2, 0) is 16.4 Å². The van der Waals surface area contributed by atoms with Crippen molar-refractivity contribution < 1.29 is 23.1 Å². The average Bonchev–Trinajstić information content (AvgIpc) is 2.91. The van der Waals surface area contributed by atoms with Gasteiger partial charge in [-0.05, 0) is 54.3 Å². The predicted molar refractivity (Wildman–Crippen MR) is 150 cm³/mol. The van der Waals surface area contributed by atoms with E-state index in [4.69, 9.17) is 16.3 Å². The van der Waals surface area contributed by atoms with Crippen LogP contribution >= 0.6 is 11.6 Å². The summed E-state index contributed by atoms with van der Waals surface area (Å²) >= 11 is 6.29. The van der Waals surface area contributed by atoms with E-state index in [0.717, 1.165) is 5.56 Å². The molecule has 0 bridgehead atoms. The van der Waals surface area contributed by atoms with Crippen LogP contribution in [0.2, 0.25) is 5.02 Å². The van der Waals surface area contributed by atoms with Crippen molar-refractivity contribution in [3.63, 3.8) is 0 Å². The predicted octanol–water partition coefficient (Wildman–Crippen LogP) is 4.74. The molecule has 3 aromatic rings. The minimum Gasteiger partial charge on any atom is -0.497 e. The van der Waals surface area contributed by atoms with Crippen molar-refractivity contribution in [2.45, 2.75) is 37.3 Å². The third-order valence-corrected chi connectivity index (χ3v) is 8.49. The molecule has 0 aliphatic heterocycles. The lowest BCUT2D eigenvalue weighted by Gasteiger charge is -2.35. The van der Waals surface area contributed by atoms with Gasteiger partial charge in [-0.3, -0.25) is 4.79 Å². The van der Waals surface area contributed by atoms with Crippen LogP contribution in [-0.4, -0.2) is 68.0 Å². The van der Waals surface area contributed by atoms with Gasteiger partial charge >= 0.3 is 0 Å². The summed E-state index contributed by atoms with van der Waals surface area (Å²) in [6.07, 6.45) is -0.856. The number of halogens is 1. The van der Waals surface area contributed by atoms with Gasteiger partial charge in [-0.15, -0.1) is 0 Å². The number of carbonyl (C=O) groups is 1. The maximum atomic E-state index is 13.6. The second-order valence-electron chi connectivity index (χ2n) is 9.61. The van der Waals surface area contributed by atoms with Gasteiger partial charge in [-0.25, -0.2) is 8.42 Å². The van der Waals surface area contributed by atoms with E-state index in [9.17, 15) is 18.3 Å². The molecule has 38 heavy (non-hydrogen) atoms. The number of amides is 1. The standard InChI is InChI=1S/C29H35ClN2O5S/c1-21(2)19-32(38(35,36)24-16-14-23(37-4)15-17-24)20-28(33)27(18-22-10-6-5-7-11-22)31(3)29(34)25-12-8-9-13-26(25)30/h5-17,21,27-28,33H,18-20H2,1-4H3/t27-,28+/m0/s1. The Kier molecular flexibility index (Phi) is 10.3. The van der Waals surface area contributed by atoms with E-state index in [0.29, 0.717) is 22.8 Å². The molecule has 0 aliphatic rings. The monoisotopic (exact) mass is 558 g/mol. The smallest absolute Gasteiger partial charge is 0.255 e. The summed E-state index contributed by atoms with van der Waals surface area (Å²) in [5.74, 6) is 0.191. The van der Waals surface area contributed by atoms with Gasteiger partial charge in [-0.1, -0.05) is 67.9 Å². The van der Waals surface area contributed by atoms with E-state index in [1.807, 2.05) is 44.2 Å². The zero-order valence-corrected chi connectivity index (χ0v) is 23.7. The van der Waals surface area contributed by atoms with Crippen LogP contribution in [0.15, 0.2) is 83.8 Å². The van der Waals surface area contributed by atoms with E-state index in [1.54, 1.807) is 43.4 Å². The Morgan fingerprint density at radius 1 is 0.947 bits per heavy atom. The van der Waals surface area contributed by atoms with Crippen LogP contribution in [0.25, 0.3) is 0 Å². The minimum atomic E-state index is -3.93. The molecular formula is C29H35ClN2O5S. The Bertz CT molecular complexity index is 1300. The zero-order valence-electron chi connectivity index (χ0n) is 22.1. The number of aliphatic hydroxyl groups is 1. The van der Waals surface area contributed by atoms with Crippen molar-refractivity contribution in [3.05, 3.63) is 95.0 Å². The first kappa shape index (κ1) is 29.6. The lowest BCUT2D eigenvalue weighted by molar-refractivity contribution is 0.0370. The first-order valence-corrected chi connectivity index (χ1v) is 14.2. The first-order chi connectivity index (χ1) is 18.0. The Morgan fingerprint density at radius 3 is 2.13 bits per heavy atom. The third kappa shape index (κ3) is 7.35. The van der Waals surface area contributed by atoms with Crippen LogP contribution in [0.3, 0.4) is 0 Å². The Hall–Kier alpha value is -2.91. The normalized spacial score (nSPS) is 13.4. The molecule has 0 heterocycles. The van der Waals surface area contributed by atoms with Crippen molar-refractivity contribution in [1.82, 2.24) is 9.21 Å². The van der Waals surface area contributed by atoms with Crippen LogP contribution < -0.4 is 4.74 Å². The van der Waals surface area contributed by atoms with Crippen LogP contribution in [0.1, 0.15) is 29.8 Å². The number of rotatable bonds is 12. The molecule has 0 saturated carbocycles. The summed E-state index contributed by atoms with van der Waals surface area (Å²) < 4.78 is 33.7. The second kappa shape index (κ2) is 13.2. The molecule has 0 aromatic heterocycles. The van der Waals surface area contributed by atoms with Crippen molar-refractivity contribution >= 4 is 27.5 Å². The Morgan fingerprint density at radius 2 is 1.55 bits per heavy atom. The highest BCUT2D eigenvalue weighted by atomic mass is 35.5. The topological polar surface area (TPSA) is 87.2 Å². The van der Waals surface area contributed by atoms with Gasteiger partial charge in [0.2, 0.25) is 10.0 Å². The molecule has 0 fully saturated rings. The second-order valence-corrected chi connectivity index (χ2v) is 12.0. The van der Waals surface area contributed by atoms with Crippen LogP contribution in [0, 0.1) is 5.92 Å². The molecule has 0 radical (unpaired) electrons. The summed E-state index contributed by atoms with van der Waals surface area (Å²) in [5.41, 5.74) is 1.22. The summed E-state index contributed by atoms with van der Waals surface area (Å²) in [4.78, 5) is 15.0. The SMILES string of the molecule is COc1ccc(S(=O)(=O)N(CC(C)C)C[C@@H](O)[C@H](Cc2ccccc2)N(C)C(=O)c2ccccc2Cl)cc1. The summed E-state index contributed by atoms with van der Waals surface area (Å²) in [7, 11) is -0.818. The van der Waals surface area contributed by atoms with Crippen molar-refractivity contribution in [3.8, 4) is 5.75 Å². The van der Waals surface area contributed by atoms with Gasteiger partial charge < -0.3 is 14.7 Å². The maximum absolute atomic E-state index is 13.6. The lowest BCUT2D eigenvalue weighted by Crippen LogP contribution is -2.51. The number of sulfonamides is 1. The van der Waals surface area contributed by atoms with Gasteiger partial charge in [0.15, 0.2) is 0 Å². The molecule has 1 amide bonds. The highest BCUT2D eigenvalue weighted by Gasteiger charge is 2.34. The molecule has 3 rings (SSSR count). The average molecular weight is 559 g/mol. The molecule has 7 nitrogen and oxygen atoms in total. The molecular weight excluding hydrogens is 524 g/mol. The number of likely N-dealkylation sites (N-methyl/N-ethyl adjacent to an activating group) is 1. The number of benzene rings is 3. The molecule has 0 aliphatic carbocycles. The summed E-state index contributed by atoms with van der Waals surface area (Å²) in [6.45, 7) is 3.84. The van der Waals surface area contributed by atoms with Crippen LogP contribution in [0.4, 0.5) is 0 Å². The highest BCUT2D eigenvalue weighted by Crippen LogP contribution is 2.24. The van der Waals surface area contributed by atoms with E-state index in [-0.39, 0.29) is 29.8 Å². The Balaban J connectivity index is 1.95. The molecule has 204 valence electrons. The molecule has 0 saturated heterocycles. The fourth-order valence-electron chi connectivity index (χ4n) is 4.27. The van der Waals surface area contributed by atoms with Gasteiger partial charge in [0, 0.05) is 20.1 Å². The lowest BCUT2D eigenvalue weighted by atomic mass is 9.98. The number of aliphatic hydroxyl groups excluding tert-OH is 1. The number of hydrogen-bond donors (Lipinski definition) is 1. The first-order valence-electron chi connectivity index (χ1n) is 12.4. The van der Waals surface area contributed by atoms with Gasteiger partial charge in [0.25, 0.3) is 5.91 Å². The largest absolute Gasteiger partial charge is 0.497 e.